The van der Waals surface area contributed by atoms with E-state index in [4.69, 9.17) is 5.73 Å². The number of hydrogen-bond acceptors (Lipinski definition) is 3. The first-order chi connectivity index (χ1) is 9.07. The predicted molar refractivity (Wildman–Crippen MR) is 76.7 cm³/mol. The molecule has 0 aliphatic heterocycles. The molecule has 1 atom stereocenters. The van der Waals surface area contributed by atoms with Crippen LogP contribution in [0.3, 0.4) is 0 Å². The molecule has 1 heterocycles. The van der Waals surface area contributed by atoms with E-state index in [1.165, 1.54) is 6.42 Å². The van der Waals surface area contributed by atoms with Crippen molar-refractivity contribution < 1.29 is 8.42 Å². The van der Waals surface area contributed by atoms with Crippen LogP contribution < -0.4 is 5.73 Å². The van der Waals surface area contributed by atoms with E-state index in [-0.39, 0.29) is 11.2 Å². The summed E-state index contributed by atoms with van der Waals surface area (Å²) in [6.45, 7) is 2.25. The van der Waals surface area contributed by atoms with Crippen molar-refractivity contribution in [2.24, 2.45) is 11.7 Å². The lowest BCUT2D eigenvalue weighted by molar-refractivity contribution is 0.333. The third kappa shape index (κ3) is 3.03. The summed E-state index contributed by atoms with van der Waals surface area (Å²) in [7, 11) is -3.26. The highest BCUT2D eigenvalue weighted by atomic mass is 32.2. The molecule has 0 spiro atoms. The maximum atomic E-state index is 12.8. The largest absolute Gasteiger partial charge is 0.364 e. The highest BCUT2D eigenvalue weighted by Gasteiger charge is 2.35. The van der Waals surface area contributed by atoms with Gasteiger partial charge in [-0.2, -0.15) is 0 Å². The number of sulfone groups is 1. The van der Waals surface area contributed by atoms with Crippen LogP contribution in [0.1, 0.15) is 44.2 Å². The molecule has 1 fully saturated rings. The van der Waals surface area contributed by atoms with Crippen molar-refractivity contribution in [2.75, 3.05) is 6.54 Å². The molecule has 0 bridgehead atoms. The average Bonchev–Trinajstić information content (AvgIpc) is 2.84. The van der Waals surface area contributed by atoms with E-state index in [9.17, 15) is 8.42 Å². The summed E-state index contributed by atoms with van der Waals surface area (Å²) in [6.07, 6.45) is 7.83. The second-order valence-corrected chi connectivity index (χ2v) is 7.66. The van der Waals surface area contributed by atoms with Crippen LogP contribution in [-0.4, -0.2) is 25.2 Å². The monoisotopic (exact) mass is 284 g/mol. The third-order valence-electron chi connectivity index (χ3n) is 4.24. The predicted octanol–water partition coefficient (Wildman–Crippen LogP) is 2.39. The van der Waals surface area contributed by atoms with Crippen LogP contribution in [0, 0.1) is 12.8 Å². The van der Waals surface area contributed by atoms with Gasteiger partial charge in [0.2, 0.25) is 0 Å². The van der Waals surface area contributed by atoms with Crippen LogP contribution in [0.2, 0.25) is 0 Å². The Kier molecular flexibility index (Phi) is 4.68. The summed E-state index contributed by atoms with van der Waals surface area (Å²) < 4.78 is 25.7. The van der Waals surface area contributed by atoms with E-state index in [1.807, 2.05) is 6.92 Å². The van der Waals surface area contributed by atoms with E-state index in [0.717, 1.165) is 31.4 Å². The second-order valence-electron chi connectivity index (χ2n) is 5.53. The fraction of sp³-hybridized carbons (Fsp3) is 0.714. The Labute approximate surface area is 115 Å². The number of nitrogens with one attached hydrogen (secondary N) is 1. The quantitative estimate of drug-likeness (QED) is 0.871. The summed E-state index contributed by atoms with van der Waals surface area (Å²) in [5.74, 6) is 0.275. The second kappa shape index (κ2) is 6.09. The van der Waals surface area contributed by atoms with E-state index in [2.05, 4.69) is 4.98 Å². The standard InChI is InChI=1S/C14H24N2O2S/c1-11-13(8-10-16-11)19(17,18)14(7-9-15)12-5-3-2-4-6-12/h8,10,12,14,16H,2-7,9,15H2,1H3. The Morgan fingerprint density at radius 3 is 2.58 bits per heavy atom. The molecule has 4 nitrogen and oxygen atoms in total. The Bertz CT molecular complexity index is 501. The number of rotatable bonds is 5. The summed E-state index contributed by atoms with van der Waals surface area (Å²) in [5.41, 5.74) is 6.39. The molecule has 0 aromatic carbocycles. The first kappa shape index (κ1) is 14.6. The molecular weight excluding hydrogens is 260 g/mol. The van der Waals surface area contributed by atoms with Crippen molar-refractivity contribution in [2.45, 2.75) is 55.6 Å². The lowest BCUT2D eigenvalue weighted by Crippen LogP contribution is -2.33. The fourth-order valence-corrected chi connectivity index (χ4v) is 5.52. The van der Waals surface area contributed by atoms with Gasteiger partial charge in [0.25, 0.3) is 0 Å². The smallest absolute Gasteiger partial charge is 0.183 e. The Hall–Kier alpha value is -0.810. The van der Waals surface area contributed by atoms with E-state index < -0.39 is 9.84 Å². The topological polar surface area (TPSA) is 76.0 Å². The average molecular weight is 284 g/mol. The van der Waals surface area contributed by atoms with Crippen LogP contribution in [0.25, 0.3) is 0 Å². The molecule has 1 unspecified atom stereocenters. The maximum Gasteiger partial charge on any atom is 0.183 e. The molecule has 3 N–H and O–H groups in total. The molecule has 2 rings (SSSR count). The molecular formula is C14H24N2O2S. The molecule has 1 aromatic rings. The van der Waals surface area contributed by atoms with Crippen LogP contribution in [0.15, 0.2) is 17.2 Å². The minimum Gasteiger partial charge on any atom is -0.364 e. The number of aromatic nitrogens is 1. The van der Waals surface area contributed by atoms with Crippen LogP contribution >= 0.6 is 0 Å². The van der Waals surface area contributed by atoms with Gasteiger partial charge in [0.1, 0.15) is 0 Å². The molecule has 19 heavy (non-hydrogen) atoms. The van der Waals surface area contributed by atoms with Crippen molar-refractivity contribution in [1.29, 1.82) is 0 Å². The van der Waals surface area contributed by atoms with Crippen LogP contribution in [0.5, 0.6) is 0 Å². The zero-order chi connectivity index (χ0) is 13.9. The van der Waals surface area contributed by atoms with E-state index in [1.54, 1.807) is 12.3 Å². The highest BCUT2D eigenvalue weighted by molar-refractivity contribution is 7.92. The van der Waals surface area contributed by atoms with Gasteiger partial charge in [-0.25, -0.2) is 8.42 Å². The van der Waals surface area contributed by atoms with E-state index in [0.29, 0.717) is 17.9 Å². The Balaban J connectivity index is 2.29. The molecule has 1 saturated carbocycles. The van der Waals surface area contributed by atoms with Gasteiger partial charge in [0.05, 0.1) is 10.1 Å². The zero-order valence-corrected chi connectivity index (χ0v) is 12.4. The van der Waals surface area contributed by atoms with Crippen molar-refractivity contribution in [3.63, 3.8) is 0 Å². The zero-order valence-electron chi connectivity index (χ0n) is 11.6. The minimum absolute atomic E-state index is 0.275. The molecule has 1 aliphatic carbocycles. The number of aromatic amines is 1. The first-order valence-electron chi connectivity index (χ1n) is 7.15. The van der Waals surface area contributed by atoms with Gasteiger partial charge in [-0.1, -0.05) is 19.3 Å². The van der Waals surface area contributed by atoms with Crippen molar-refractivity contribution in [3.8, 4) is 0 Å². The third-order valence-corrected chi connectivity index (χ3v) is 6.71. The van der Waals surface area contributed by atoms with Crippen molar-refractivity contribution >= 4 is 9.84 Å². The number of H-pyrrole nitrogens is 1. The van der Waals surface area contributed by atoms with Gasteiger partial charge >= 0.3 is 0 Å². The molecule has 5 heteroatoms. The molecule has 0 saturated heterocycles. The normalized spacial score (nSPS) is 19.5. The number of aryl methyl sites for hydroxylation is 1. The first-order valence-corrected chi connectivity index (χ1v) is 8.70. The van der Waals surface area contributed by atoms with Crippen molar-refractivity contribution in [3.05, 3.63) is 18.0 Å². The van der Waals surface area contributed by atoms with Crippen LogP contribution in [0.4, 0.5) is 0 Å². The van der Waals surface area contributed by atoms with E-state index >= 15 is 0 Å². The summed E-state index contributed by atoms with van der Waals surface area (Å²) in [5, 5.41) is -0.313. The number of nitrogens with two attached hydrogens (primary N) is 1. The molecule has 1 aliphatic rings. The van der Waals surface area contributed by atoms with Gasteiger partial charge in [-0.3, -0.25) is 0 Å². The van der Waals surface area contributed by atoms with Gasteiger partial charge in [0.15, 0.2) is 9.84 Å². The summed E-state index contributed by atoms with van der Waals surface area (Å²) in [4.78, 5) is 3.42. The summed E-state index contributed by atoms with van der Waals surface area (Å²) in [6, 6.07) is 1.68. The van der Waals surface area contributed by atoms with Gasteiger partial charge in [-0.05, 0) is 44.7 Å². The summed E-state index contributed by atoms with van der Waals surface area (Å²) >= 11 is 0. The molecule has 0 amide bonds. The number of hydrogen-bond donors (Lipinski definition) is 2. The van der Waals surface area contributed by atoms with Crippen LogP contribution in [-0.2, 0) is 9.84 Å². The fourth-order valence-electron chi connectivity index (χ4n) is 3.22. The maximum absolute atomic E-state index is 12.8. The molecule has 0 radical (unpaired) electrons. The van der Waals surface area contributed by atoms with Gasteiger partial charge in [0, 0.05) is 11.9 Å². The Morgan fingerprint density at radius 2 is 2.05 bits per heavy atom. The Morgan fingerprint density at radius 1 is 1.37 bits per heavy atom. The van der Waals surface area contributed by atoms with Gasteiger partial charge in [-0.15, -0.1) is 0 Å². The molecule has 108 valence electrons. The van der Waals surface area contributed by atoms with Crippen molar-refractivity contribution in [1.82, 2.24) is 4.98 Å². The van der Waals surface area contributed by atoms with Gasteiger partial charge < -0.3 is 10.7 Å². The molecule has 1 aromatic heterocycles. The lowest BCUT2D eigenvalue weighted by Gasteiger charge is -2.29. The minimum atomic E-state index is -3.26. The lowest BCUT2D eigenvalue weighted by atomic mass is 9.86. The SMILES string of the molecule is Cc1[nH]ccc1S(=O)(=O)C(CCN)C1CCCCC1. The highest BCUT2D eigenvalue weighted by Crippen LogP contribution is 2.34.